The first-order valence-corrected chi connectivity index (χ1v) is 6.40. The molecule has 1 aromatic rings. The Labute approximate surface area is 90.0 Å². The molecule has 1 heterocycles. The number of sulfonamides is 1. The molecule has 0 amide bonds. The van der Waals surface area contributed by atoms with Crippen molar-refractivity contribution in [1.82, 2.24) is 10.2 Å². The van der Waals surface area contributed by atoms with Gasteiger partial charge in [-0.2, -0.15) is 5.10 Å². The zero-order valence-electron chi connectivity index (χ0n) is 9.27. The Kier molecular flexibility index (Phi) is 2.99. The third-order valence-electron chi connectivity index (χ3n) is 1.72. The van der Waals surface area contributed by atoms with Gasteiger partial charge in [0.25, 0.3) is 0 Å². The topological polar surface area (TPSA) is 72.0 Å². The van der Waals surface area contributed by atoms with Gasteiger partial charge >= 0.3 is 0 Å². The predicted octanol–water partition coefficient (Wildman–Crippen LogP) is 1.15. The van der Waals surface area contributed by atoms with Crippen molar-refractivity contribution < 1.29 is 8.42 Å². The molecule has 0 aliphatic rings. The van der Waals surface area contributed by atoms with E-state index in [0.29, 0.717) is 0 Å². The largest absolute Gasteiger partial charge is 0.266 e. The second kappa shape index (κ2) is 3.77. The van der Waals surface area contributed by atoms with Gasteiger partial charge in [0.15, 0.2) is 5.82 Å². The van der Waals surface area contributed by atoms with E-state index >= 15 is 0 Å². The van der Waals surface area contributed by atoms with Gasteiger partial charge in [-0.05, 0) is 12.1 Å². The molecule has 0 aliphatic heterocycles. The molecule has 0 unspecified atom stereocenters. The Morgan fingerprint density at radius 3 is 2.13 bits per heavy atom. The monoisotopic (exact) mass is 229 g/mol. The highest BCUT2D eigenvalue weighted by molar-refractivity contribution is 7.92. The van der Waals surface area contributed by atoms with Crippen LogP contribution in [0, 0.1) is 0 Å². The van der Waals surface area contributed by atoms with E-state index in [9.17, 15) is 8.42 Å². The minimum atomic E-state index is -3.28. The number of nitrogens with one attached hydrogen (secondary N) is 1. The number of hydrogen-bond donors (Lipinski definition) is 1. The van der Waals surface area contributed by atoms with E-state index in [1.807, 2.05) is 20.8 Å². The summed E-state index contributed by atoms with van der Waals surface area (Å²) in [6.45, 7) is 6.04. The molecule has 0 atom stereocenters. The van der Waals surface area contributed by atoms with Crippen molar-refractivity contribution in [2.75, 3.05) is 11.0 Å². The van der Waals surface area contributed by atoms with Gasteiger partial charge in [-0.15, -0.1) is 5.10 Å². The maximum Gasteiger partial charge on any atom is 0.231 e. The van der Waals surface area contributed by atoms with E-state index in [2.05, 4.69) is 14.9 Å². The molecule has 0 saturated carbocycles. The zero-order valence-corrected chi connectivity index (χ0v) is 10.1. The highest BCUT2D eigenvalue weighted by Crippen LogP contribution is 2.19. The lowest BCUT2D eigenvalue weighted by Crippen LogP contribution is -2.16. The molecular weight excluding hydrogens is 214 g/mol. The molecule has 84 valence electrons. The van der Waals surface area contributed by atoms with Gasteiger partial charge in [0.05, 0.1) is 11.9 Å². The number of rotatable bonds is 2. The highest BCUT2D eigenvalue weighted by Gasteiger charge is 2.15. The second-order valence-electron chi connectivity index (χ2n) is 4.43. The molecule has 0 radical (unpaired) electrons. The summed E-state index contributed by atoms with van der Waals surface area (Å²) in [4.78, 5) is 0. The molecule has 0 bridgehead atoms. The number of hydrogen-bond acceptors (Lipinski definition) is 4. The van der Waals surface area contributed by atoms with Crippen LogP contribution < -0.4 is 4.72 Å². The summed E-state index contributed by atoms with van der Waals surface area (Å²) >= 11 is 0. The summed E-state index contributed by atoms with van der Waals surface area (Å²) in [6.07, 6.45) is 1.08. The highest BCUT2D eigenvalue weighted by atomic mass is 32.2. The Balaban J connectivity index is 2.91. The quantitative estimate of drug-likeness (QED) is 0.825. The van der Waals surface area contributed by atoms with Crippen molar-refractivity contribution in [2.24, 2.45) is 0 Å². The smallest absolute Gasteiger partial charge is 0.231 e. The third kappa shape index (κ3) is 3.83. The van der Waals surface area contributed by atoms with Crippen LogP contribution in [0.5, 0.6) is 0 Å². The van der Waals surface area contributed by atoms with E-state index < -0.39 is 10.0 Å². The molecule has 5 nitrogen and oxygen atoms in total. The number of nitrogens with zero attached hydrogens (tertiary/aromatic N) is 2. The maximum atomic E-state index is 10.9. The summed E-state index contributed by atoms with van der Waals surface area (Å²) in [5.41, 5.74) is 0.734. The average Bonchev–Trinajstić information content (AvgIpc) is 2.00. The second-order valence-corrected chi connectivity index (χ2v) is 6.18. The van der Waals surface area contributed by atoms with Gasteiger partial charge < -0.3 is 0 Å². The molecule has 6 heteroatoms. The van der Waals surface area contributed by atoms with Gasteiger partial charge in [0.1, 0.15) is 0 Å². The first-order chi connectivity index (χ1) is 6.68. The first-order valence-electron chi connectivity index (χ1n) is 4.50. The molecule has 1 aromatic heterocycles. The number of aromatic nitrogens is 2. The summed E-state index contributed by atoms with van der Waals surface area (Å²) < 4.78 is 24.1. The van der Waals surface area contributed by atoms with Gasteiger partial charge in [0.2, 0.25) is 10.0 Å². The standard InChI is InChI=1S/C9H15N3O2S/c1-9(2,3)7-5-6-8(11-10-7)12-15(4,13)14/h5-6H,1-4H3,(H,11,12). The van der Waals surface area contributed by atoms with E-state index in [0.717, 1.165) is 11.9 Å². The minimum absolute atomic E-state index is 0.0867. The van der Waals surface area contributed by atoms with Crippen LogP contribution in [-0.2, 0) is 15.4 Å². The van der Waals surface area contributed by atoms with Crippen molar-refractivity contribution in [1.29, 1.82) is 0 Å². The van der Waals surface area contributed by atoms with Crippen molar-refractivity contribution in [3.05, 3.63) is 17.8 Å². The summed E-state index contributed by atoms with van der Waals surface area (Å²) in [6, 6.07) is 3.37. The lowest BCUT2D eigenvalue weighted by molar-refractivity contribution is 0.559. The SMILES string of the molecule is CC(C)(C)c1ccc(NS(C)(=O)=O)nn1. The summed E-state index contributed by atoms with van der Waals surface area (Å²) in [5.74, 6) is 0.241. The predicted molar refractivity (Wildman–Crippen MR) is 59.2 cm³/mol. The van der Waals surface area contributed by atoms with Crippen molar-refractivity contribution in [3.8, 4) is 0 Å². The van der Waals surface area contributed by atoms with Gasteiger partial charge in [-0.3, -0.25) is 4.72 Å². The Morgan fingerprint density at radius 2 is 1.80 bits per heavy atom. The van der Waals surface area contributed by atoms with Crippen LogP contribution >= 0.6 is 0 Å². The van der Waals surface area contributed by atoms with Crippen molar-refractivity contribution >= 4 is 15.8 Å². The van der Waals surface area contributed by atoms with Crippen LogP contribution in [0.2, 0.25) is 0 Å². The van der Waals surface area contributed by atoms with Crippen molar-refractivity contribution in [2.45, 2.75) is 26.2 Å². The summed E-state index contributed by atoms with van der Waals surface area (Å²) in [7, 11) is -3.28. The normalized spacial score (nSPS) is 12.5. The van der Waals surface area contributed by atoms with E-state index in [4.69, 9.17) is 0 Å². The lowest BCUT2D eigenvalue weighted by atomic mass is 9.92. The average molecular weight is 229 g/mol. The van der Waals surface area contributed by atoms with Crippen LogP contribution in [0.15, 0.2) is 12.1 Å². The van der Waals surface area contributed by atoms with Crippen LogP contribution in [0.25, 0.3) is 0 Å². The molecule has 0 aromatic carbocycles. The van der Waals surface area contributed by atoms with Gasteiger partial charge in [0, 0.05) is 5.41 Å². The van der Waals surface area contributed by atoms with E-state index in [1.54, 1.807) is 12.1 Å². The molecular formula is C9H15N3O2S. The Hall–Kier alpha value is -1.17. The fourth-order valence-corrected chi connectivity index (χ4v) is 1.47. The minimum Gasteiger partial charge on any atom is -0.266 e. The van der Waals surface area contributed by atoms with E-state index in [-0.39, 0.29) is 11.2 Å². The fraction of sp³-hybridized carbons (Fsp3) is 0.556. The third-order valence-corrected chi connectivity index (χ3v) is 2.30. The van der Waals surface area contributed by atoms with E-state index in [1.165, 1.54) is 0 Å². The molecule has 1 rings (SSSR count). The molecule has 0 spiro atoms. The molecule has 1 N–H and O–H groups in total. The van der Waals surface area contributed by atoms with Crippen LogP contribution in [0.3, 0.4) is 0 Å². The molecule has 0 fully saturated rings. The lowest BCUT2D eigenvalue weighted by Gasteiger charge is -2.16. The zero-order chi connectivity index (χ0) is 11.7. The Morgan fingerprint density at radius 1 is 1.20 bits per heavy atom. The number of anilines is 1. The summed E-state index contributed by atoms with van der Waals surface area (Å²) in [5, 5.41) is 7.75. The van der Waals surface area contributed by atoms with Crippen LogP contribution in [0.4, 0.5) is 5.82 Å². The first kappa shape index (κ1) is 11.9. The van der Waals surface area contributed by atoms with Gasteiger partial charge in [-0.1, -0.05) is 20.8 Å². The van der Waals surface area contributed by atoms with Gasteiger partial charge in [-0.25, -0.2) is 8.42 Å². The van der Waals surface area contributed by atoms with Crippen LogP contribution in [0.1, 0.15) is 26.5 Å². The van der Waals surface area contributed by atoms with Crippen LogP contribution in [-0.4, -0.2) is 24.9 Å². The molecule has 15 heavy (non-hydrogen) atoms. The fourth-order valence-electron chi connectivity index (χ4n) is 0.977. The Bertz CT molecular complexity index is 431. The molecule has 0 aliphatic carbocycles. The molecule has 0 saturated heterocycles. The van der Waals surface area contributed by atoms with Crippen molar-refractivity contribution in [3.63, 3.8) is 0 Å². The maximum absolute atomic E-state index is 10.9.